The topological polar surface area (TPSA) is 49.4 Å². The van der Waals surface area contributed by atoms with Gasteiger partial charge in [0.15, 0.2) is 0 Å². The van der Waals surface area contributed by atoms with Crippen LogP contribution in [0.3, 0.4) is 0 Å². The molecule has 0 amide bonds. The van der Waals surface area contributed by atoms with Crippen LogP contribution in [0.1, 0.15) is 11.6 Å². The molecule has 2 aromatic carbocycles. The molecule has 1 atom stereocenters. The summed E-state index contributed by atoms with van der Waals surface area (Å²) in [7, 11) is -3.72. The number of nitrogens with one attached hydrogen (secondary N) is 1. The molecule has 0 spiro atoms. The van der Waals surface area contributed by atoms with Crippen LogP contribution in [0, 0.1) is 5.82 Å². The summed E-state index contributed by atoms with van der Waals surface area (Å²) in [5, 5.41) is 3.73. The molecule has 4 nitrogen and oxygen atoms in total. The van der Waals surface area contributed by atoms with Crippen LogP contribution in [0.15, 0.2) is 53.4 Å². The summed E-state index contributed by atoms with van der Waals surface area (Å²) in [6.07, 6.45) is 0. The van der Waals surface area contributed by atoms with E-state index >= 15 is 0 Å². The van der Waals surface area contributed by atoms with Gasteiger partial charge >= 0.3 is 0 Å². The third kappa shape index (κ3) is 3.73. The minimum absolute atomic E-state index is 0. The van der Waals surface area contributed by atoms with E-state index in [1.807, 2.05) is 12.1 Å². The van der Waals surface area contributed by atoms with Gasteiger partial charge in [0.05, 0.1) is 10.9 Å². The monoisotopic (exact) mass is 390 g/mol. The second-order valence-corrected chi connectivity index (χ2v) is 7.61. The van der Waals surface area contributed by atoms with E-state index in [0.29, 0.717) is 24.7 Å². The van der Waals surface area contributed by atoms with E-state index in [0.717, 1.165) is 17.7 Å². The number of halogens is 3. The summed E-state index contributed by atoms with van der Waals surface area (Å²) in [6.45, 7) is 1.36. The molecule has 2 aromatic rings. The SMILES string of the molecule is Cl.O=S(=O)(c1ccc(F)cc1)N1CCNCC1c1ccccc1Cl. The largest absolute Gasteiger partial charge is 0.313 e. The van der Waals surface area contributed by atoms with Gasteiger partial charge in [-0.15, -0.1) is 12.4 Å². The number of sulfonamides is 1. The van der Waals surface area contributed by atoms with E-state index in [1.165, 1.54) is 16.4 Å². The van der Waals surface area contributed by atoms with Crippen LogP contribution in [-0.4, -0.2) is 32.4 Å². The quantitative estimate of drug-likeness (QED) is 0.874. The predicted molar refractivity (Wildman–Crippen MR) is 94.6 cm³/mol. The molecule has 1 N–H and O–H groups in total. The van der Waals surface area contributed by atoms with Gasteiger partial charge in [-0.1, -0.05) is 29.8 Å². The average molecular weight is 391 g/mol. The molecule has 0 aromatic heterocycles. The van der Waals surface area contributed by atoms with E-state index in [-0.39, 0.29) is 17.3 Å². The van der Waals surface area contributed by atoms with Crippen LogP contribution < -0.4 is 5.32 Å². The Kier molecular flexibility index (Phi) is 6.22. The molecule has 130 valence electrons. The summed E-state index contributed by atoms with van der Waals surface area (Å²) in [6, 6.07) is 11.7. The molecule has 1 heterocycles. The summed E-state index contributed by atoms with van der Waals surface area (Å²) in [5.41, 5.74) is 0.757. The number of rotatable bonds is 3. The van der Waals surface area contributed by atoms with Gasteiger partial charge in [-0.05, 0) is 35.9 Å². The minimum Gasteiger partial charge on any atom is -0.313 e. The molecule has 1 aliphatic heterocycles. The van der Waals surface area contributed by atoms with Crippen LogP contribution in [-0.2, 0) is 10.0 Å². The minimum atomic E-state index is -3.72. The second-order valence-electron chi connectivity index (χ2n) is 5.31. The first-order chi connectivity index (χ1) is 11.0. The van der Waals surface area contributed by atoms with E-state index < -0.39 is 21.9 Å². The van der Waals surface area contributed by atoms with E-state index in [2.05, 4.69) is 5.32 Å². The van der Waals surface area contributed by atoms with Crippen LogP contribution in [0.4, 0.5) is 4.39 Å². The van der Waals surface area contributed by atoms with Crippen molar-refractivity contribution in [1.29, 1.82) is 0 Å². The fourth-order valence-corrected chi connectivity index (χ4v) is 4.59. The molecule has 0 saturated carbocycles. The van der Waals surface area contributed by atoms with E-state index in [9.17, 15) is 12.8 Å². The fraction of sp³-hybridized carbons (Fsp3) is 0.250. The van der Waals surface area contributed by atoms with E-state index in [4.69, 9.17) is 11.6 Å². The first-order valence-electron chi connectivity index (χ1n) is 7.23. The van der Waals surface area contributed by atoms with Gasteiger partial charge < -0.3 is 5.32 Å². The molecule has 8 heteroatoms. The van der Waals surface area contributed by atoms with Crippen molar-refractivity contribution in [2.45, 2.75) is 10.9 Å². The van der Waals surface area contributed by atoms with Crippen molar-refractivity contribution >= 4 is 34.0 Å². The van der Waals surface area contributed by atoms with Gasteiger partial charge in [0, 0.05) is 24.7 Å². The van der Waals surface area contributed by atoms with Crippen molar-refractivity contribution in [1.82, 2.24) is 9.62 Å². The van der Waals surface area contributed by atoms with Gasteiger partial charge in [-0.2, -0.15) is 4.31 Å². The number of hydrogen-bond donors (Lipinski definition) is 1. The van der Waals surface area contributed by atoms with Gasteiger partial charge in [0.25, 0.3) is 0 Å². The average Bonchev–Trinajstić information content (AvgIpc) is 2.56. The Hall–Kier alpha value is -1.18. The zero-order valence-corrected chi connectivity index (χ0v) is 15.0. The van der Waals surface area contributed by atoms with Gasteiger partial charge in [-0.25, -0.2) is 12.8 Å². The standard InChI is InChI=1S/C16H16ClFN2O2S.ClH/c17-15-4-2-1-3-14(15)16-11-19-9-10-20(16)23(21,22)13-7-5-12(18)6-8-13;/h1-8,16,19H,9-11H2;1H. The Balaban J connectivity index is 0.00000208. The van der Waals surface area contributed by atoms with Crippen LogP contribution in [0.25, 0.3) is 0 Å². The highest BCUT2D eigenvalue weighted by Crippen LogP contribution is 2.32. The van der Waals surface area contributed by atoms with Crippen molar-refractivity contribution in [2.24, 2.45) is 0 Å². The lowest BCUT2D eigenvalue weighted by molar-refractivity contribution is 0.271. The molecular formula is C16H17Cl2FN2O2S. The molecule has 0 bridgehead atoms. The maximum atomic E-state index is 13.1. The Morgan fingerprint density at radius 1 is 1.12 bits per heavy atom. The fourth-order valence-electron chi connectivity index (χ4n) is 2.73. The predicted octanol–water partition coefficient (Wildman–Crippen LogP) is 3.24. The smallest absolute Gasteiger partial charge is 0.243 e. The molecular weight excluding hydrogens is 374 g/mol. The molecule has 3 rings (SSSR count). The number of nitrogens with zero attached hydrogens (tertiary/aromatic N) is 1. The molecule has 1 fully saturated rings. The number of piperazine rings is 1. The highest BCUT2D eigenvalue weighted by Gasteiger charge is 2.35. The third-order valence-electron chi connectivity index (χ3n) is 3.88. The van der Waals surface area contributed by atoms with Crippen molar-refractivity contribution in [3.05, 3.63) is 64.9 Å². The van der Waals surface area contributed by atoms with Crippen molar-refractivity contribution in [2.75, 3.05) is 19.6 Å². The Bertz CT molecular complexity index is 800. The van der Waals surface area contributed by atoms with Crippen LogP contribution in [0.5, 0.6) is 0 Å². The first-order valence-corrected chi connectivity index (χ1v) is 9.04. The van der Waals surface area contributed by atoms with E-state index in [1.54, 1.807) is 12.1 Å². The summed E-state index contributed by atoms with van der Waals surface area (Å²) < 4.78 is 40.4. The Morgan fingerprint density at radius 2 is 1.79 bits per heavy atom. The summed E-state index contributed by atoms with van der Waals surface area (Å²) in [4.78, 5) is 0.0813. The third-order valence-corrected chi connectivity index (χ3v) is 6.15. The zero-order valence-electron chi connectivity index (χ0n) is 12.7. The lowest BCUT2D eigenvalue weighted by Gasteiger charge is -2.35. The number of hydrogen-bond acceptors (Lipinski definition) is 3. The first kappa shape index (κ1) is 19.1. The number of benzene rings is 2. The lowest BCUT2D eigenvalue weighted by atomic mass is 10.1. The molecule has 1 unspecified atom stereocenters. The highest BCUT2D eigenvalue weighted by molar-refractivity contribution is 7.89. The van der Waals surface area contributed by atoms with Crippen molar-refractivity contribution < 1.29 is 12.8 Å². The summed E-state index contributed by atoms with van der Waals surface area (Å²) in [5.74, 6) is -0.466. The second kappa shape index (κ2) is 7.80. The van der Waals surface area contributed by atoms with Crippen LogP contribution in [0.2, 0.25) is 5.02 Å². The van der Waals surface area contributed by atoms with Gasteiger partial charge in [0.2, 0.25) is 10.0 Å². The zero-order chi connectivity index (χ0) is 16.4. The maximum absolute atomic E-state index is 13.1. The molecule has 1 aliphatic rings. The Morgan fingerprint density at radius 3 is 2.46 bits per heavy atom. The normalized spacial score (nSPS) is 18.8. The lowest BCUT2D eigenvalue weighted by Crippen LogP contribution is -2.48. The molecule has 24 heavy (non-hydrogen) atoms. The Labute approximate surface area is 152 Å². The van der Waals surface area contributed by atoms with Crippen molar-refractivity contribution in [3.63, 3.8) is 0 Å². The molecule has 1 saturated heterocycles. The molecule has 0 radical (unpaired) electrons. The summed E-state index contributed by atoms with van der Waals surface area (Å²) >= 11 is 6.24. The highest BCUT2D eigenvalue weighted by atomic mass is 35.5. The molecule has 0 aliphatic carbocycles. The van der Waals surface area contributed by atoms with Gasteiger partial charge in [0.1, 0.15) is 5.82 Å². The van der Waals surface area contributed by atoms with Crippen LogP contribution >= 0.6 is 24.0 Å². The van der Waals surface area contributed by atoms with Crippen molar-refractivity contribution in [3.8, 4) is 0 Å². The van der Waals surface area contributed by atoms with Gasteiger partial charge in [-0.3, -0.25) is 0 Å². The maximum Gasteiger partial charge on any atom is 0.243 e.